The largest absolute Gasteiger partial charge is 0.379 e. The van der Waals surface area contributed by atoms with Crippen molar-refractivity contribution < 1.29 is 9.53 Å². The van der Waals surface area contributed by atoms with Crippen molar-refractivity contribution in [3.8, 4) is 0 Å². The Hall–Kier alpha value is -0.610. The molecule has 0 aromatic carbocycles. The monoisotopic (exact) mass is 228 g/mol. The Balaban J connectivity index is 2.33. The lowest BCUT2D eigenvalue weighted by Crippen LogP contribution is -2.45. The minimum Gasteiger partial charge on any atom is -0.379 e. The molecule has 1 fully saturated rings. The van der Waals surface area contributed by atoms with Gasteiger partial charge >= 0.3 is 0 Å². The number of likely N-dealkylation sites (N-methyl/N-ethyl adjacent to an activating group) is 1. The minimum absolute atomic E-state index is 0.0333. The van der Waals surface area contributed by atoms with Crippen molar-refractivity contribution in [3.63, 3.8) is 0 Å². The Kier molecular flexibility index (Phi) is 5.77. The molecular weight excluding hydrogens is 204 g/mol. The van der Waals surface area contributed by atoms with E-state index in [1.807, 2.05) is 7.05 Å². The third-order valence-electron chi connectivity index (χ3n) is 3.17. The lowest BCUT2D eigenvalue weighted by Gasteiger charge is -2.20. The predicted molar refractivity (Wildman–Crippen MR) is 64.3 cm³/mol. The Labute approximate surface area is 98.1 Å². The van der Waals surface area contributed by atoms with Crippen LogP contribution in [0.3, 0.4) is 0 Å². The van der Waals surface area contributed by atoms with Crippen molar-refractivity contribution in [2.24, 2.45) is 5.92 Å². The summed E-state index contributed by atoms with van der Waals surface area (Å²) in [6.07, 6.45) is 3.39. The summed E-state index contributed by atoms with van der Waals surface area (Å²) >= 11 is 0. The SMILES string of the molecule is CCCCC(C)NC(=O)C1COCC1NC. The number of amides is 1. The summed E-state index contributed by atoms with van der Waals surface area (Å²) in [7, 11) is 1.88. The first-order chi connectivity index (χ1) is 7.69. The molecule has 1 amide bonds. The Morgan fingerprint density at radius 2 is 2.25 bits per heavy atom. The number of hydrogen-bond acceptors (Lipinski definition) is 3. The molecule has 3 atom stereocenters. The molecule has 94 valence electrons. The molecule has 1 aliphatic rings. The quantitative estimate of drug-likeness (QED) is 0.710. The standard InChI is InChI=1S/C12H24N2O2/c1-4-5-6-9(2)14-12(15)10-7-16-8-11(10)13-3/h9-11,13H,4-8H2,1-3H3,(H,14,15). The number of carbonyl (C=O) groups excluding carboxylic acids is 1. The van der Waals surface area contributed by atoms with Crippen molar-refractivity contribution >= 4 is 5.91 Å². The van der Waals surface area contributed by atoms with E-state index in [0.29, 0.717) is 13.2 Å². The van der Waals surface area contributed by atoms with Gasteiger partial charge in [0.2, 0.25) is 5.91 Å². The molecule has 1 rings (SSSR count). The van der Waals surface area contributed by atoms with Crippen LogP contribution in [-0.2, 0) is 9.53 Å². The van der Waals surface area contributed by atoms with Gasteiger partial charge in [-0.2, -0.15) is 0 Å². The summed E-state index contributed by atoms with van der Waals surface area (Å²) in [5.74, 6) is 0.0922. The summed E-state index contributed by atoms with van der Waals surface area (Å²) in [5.41, 5.74) is 0. The van der Waals surface area contributed by atoms with Gasteiger partial charge in [0.15, 0.2) is 0 Å². The average molecular weight is 228 g/mol. The van der Waals surface area contributed by atoms with Crippen LogP contribution >= 0.6 is 0 Å². The van der Waals surface area contributed by atoms with Crippen molar-refractivity contribution in [1.29, 1.82) is 0 Å². The second-order valence-corrected chi connectivity index (χ2v) is 4.59. The molecule has 3 unspecified atom stereocenters. The fourth-order valence-electron chi connectivity index (χ4n) is 2.03. The van der Waals surface area contributed by atoms with Crippen molar-refractivity contribution in [2.75, 3.05) is 20.3 Å². The first-order valence-electron chi connectivity index (χ1n) is 6.24. The molecule has 0 aromatic heterocycles. The molecule has 1 aliphatic heterocycles. The van der Waals surface area contributed by atoms with E-state index in [4.69, 9.17) is 4.74 Å². The minimum atomic E-state index is -0.0333. The molecule has 2 N–H and O–H groups in total. The van der Waals surface area contributed by atoms with E-state index in [0.717, 1.165) is 12.8 Å². The van der Waals surface area contributed by atoms with Gasteiger partial charge in [0.05, 0.1) is 19.1 Å². The van der Waals surface area contributed by atoms with E-state index < -0.39 is 0 Å². The molecule has 0 saturated carbocycles. The van der Waals surface area contributed by atoms with Crippen LogP contribution in [0, 0.1) is 5.92 Å². The van der Waals surface area contributed by atoms with Crippen LogP contribution in [0.2, 0.25) is 0 Å². The first kappa shape index (κ1) is 13.5. The fourth-order valence-corrected chi connectivity index (χ4v) is 2.03. The molecular formula is C12H24N2O2. The second-order valence-electron chi connectivity index (χ2n) is 4.59. The van der Waals surface area contributed by atoms with E-state index in [-0.39, 0.29) is 23.9 Å². The summed E-state index contributed by atoms with van der Waals surface area (Å²) in [5, 5.41) is 6.19. The molecule has 0 spiro atoms. The lowest BCUT2D eigenvalue weighted by atomic mass is 10.0. The fraction of sp³-hybridized carbons (Fsp3) is 0.917. The third kappa shape index (κ3) is 3.76. The molecule has 0 radical (unpaired) electrons. The highest BCUT2D eigenvalue weighted by Crippen LogP contribution is 2.14. The number of carbonyl (C=O) groups is 1. The summed E-state index contributed by atoms with van der Waals surface area (Å²) in [6, 6.07) is 0.434. The highest BCUT2D eigenvalue weighted by molar-refractivity contribution is 5.80. The van der Waals surface area contributed by atoms with E-state index in [1.165, 1.54) is 6.42 Å². The van der Waals surface area contributed by atoms with Crippen LogP contribution in [0.4, 0.5) is 0 Å². The second kappa shape index (κ2) is 6.86. The van der Waals surface area contributed by atoms with Crippen LogP contribution in [0.5, 0.6) is 0 Å². The van der Waals surface area contributed by atoms with E-state index >= 15 is 0 Å². The van der Waals surface area contributed by atoms with Gasteiger partial charge in [-0.25, -0.2) is 0 Å². The summed E-state index contributed by atoms with van der Waals surface area (Å²) < 4.78 is 5.32. The van der Waals surface area contributed by atoms with Gasteiger partial charge in [-0.05, 0) is 20.4 Å². The maximum absolute atomic E-state index is 12.0. The predicted octanol–water partition coefficient (Wildman–Crippen LogP) is 0.916. The topological polar surface area (TPSA) is 50.4 Å². The Morgan fingerprint density at radius 1 is 1.50 bits per heavy atom. The van der Waals surface area contributed by atoms with Crippen molar-refractivity contribution in [2.45, 2.75) is 45.2 Å². The molecule has 1 saturated heterocycles. The van der Waals surface area contributed by atoms with Gasteiger partial charge in [0.1, 0.15) is 0 Å². The molecule has 0 aromatic rings. The first-order valence-corrected chi connectivity index (χ1v) is 6.24. The van der Waals surface area contributed by atoms with E-state index in [9.17, 15) is 4.79 Å². The number of ether oxygens (including phenoxy) is 1. The zero-order chi connectivity index (χ0) is 12.0. The molecule has 1 heterocycles. The van der Waals surface area contributed by atoms with Crippen LogP contribution < -0.4 is 10.6 Å². The Bertz CT molecular complexity index is 221. The lowest BCUT2D eigenvalue weighted by molar-refractivity contribution is -0.126. The van der Waals surface area contributed by atoms with Gasteiger partial charge in [-0.1, -0.05) is 19.8 Å². The average Bonchev–Trinajstić information content (AvgIpc) is 2.74. The molecule has 0 aliphatic carbocycles. The smallest absolute Gasteiger partial charge is 0.227 e. The normalized spacial score (nSPS) is 26.7. The van der Waals surface area contributed by atoms with E-state index in [2.05, 4.69) is 24.5 Å². The van der Waals surface area contributed by atoms with E-state index in [1.54, 1.807) is 0 Å². The third-order valence-corrected chi connectivity index (χ3v) is 3.17. The van der Waals surface area contributed by atoms with Crippen molar-refractivity contribution in [1.82, 2.24) is 10.6 Å². The van der Waals surface area contributed by atoms with Gasteiger partial charge in [0.25, 0.3) is 0 Å². The van der Waals surface area contributed by atoms with Gasteiger partial charge in [-0.3, -0.25) is 4.79 Å². The number of unbranched alkanes of at least 4 members (excludes halogenated alkanes) is 1. The van der Waals surface area contributed by atoms with Crippen molar-refractivity contribution in [3.05, 3.63) is 0 Å². The molecule has 4 nitrogen and oxygen atoms in total. The maximum atomic E-state index is 12.0. The Morgan fingerprint density at radius 3 is 2.88 bits per heavy atom. The number of rotatable bonds is 6. The van der Waals surface area contributed by atoms with Gasteiger partial charge < -0.3 is 15.4 Å². The highest BCUT2D eigenvalue weighted by Gasteiger charge is 2.33. The summed E-state index contributed by atoms with van der Waals surface area (Å²) in [4.78, 5) is 12.0. The zero-order valence-electron chi connectivity index (χ0n) is 10.6. The van der Waals surface area contributed by atoms with Gasteiger partial charge in [0, 0.05) is 12.1 Å². The molecule has 16 heavy (non-hydrogen) atoms. The van der Waals surface area contributed by atoms with Crippen LogP contribution in [0.15, 0.2) is 0 Å². The number of hydrogen-bond donors (Lipinski definition) is 2. The van der Waals surface area contributed by atoms with Crippen LogP contribution in [-0.4, -0.2) is 38.3 Å². The number of nitrogens with one attached hydrogen (secondary N) is 2. The van der Waals surface area contributed by atoms with Crippen LogP contribution in [0.1, 0.15) is 33.1 Å². The maximum Gasteiger partial charge on any atom is 0.227 e. The highest BCUT2D eigenvalue weighted by atomic mass is 16.5. The zero-order valence-corrected chi connectivity index (χ0v) is 10.6. The molecule has 0 bridgehead atoms. The summed E-state index contributed by atoms with van der Waals surface area (Å²) in [6.45, 7) is 5.41. The van der Waals surface area contributed by atoms with Crippen LogP contribution in [0.25, 0.3) is 0 Å². The molecule has 4 heteroatoms. The van der Waals surface area contributed by atoms with Gasteiger partial charge in [-0.15, -0.1) is 0 Å².